The Bertz CT molecular complexity index is 643. The first-order valence-electron chi connectivity index (χ1n) is 6.31. The Kier molecular flexibility index (Phi) is 5.65. The summed E-state index contributed by atoms with van der Waals surface area (Å²) in [6.45, 7) is -0.00396. The normalized spacial score (nSPS) is 10.2. The predicted octanol–water partition coefficient (Wildman–Crippen LogP) is 4.30. The highest BCUT2D eigenvalue weighted by atomic mass is 79.9. The SMILES string of the molecule is COc1ccc(Br)cc1CC(=O)COc1cccc(Cl)c1. The van der Waals surface area contributed by atoms with Crippen molar-refractivity contribution >= 4 is 33.3 Å². The van der Waals surface area contributed by atoms with E-state index < -0.39 is 0 Å². The van der Waals surface area contributed by atoms with Crippen LogP contribution in [-0.4, -0.2) is 19.5 Å². The van der Waals surface area contributed by atoms with Crippen LogP contribution >= 0.6 is 27.5 Å². The van der Waals surface area contributed by atoms with E-state index in [0.717, 1.165) is 10.0 Å². The van der Waals surface area contributed by atoms with Gasteiger partial charge < -0.3 is 9.47 Å². The number of carbonyl (C=O) groups excluding carboxylic acids is 1. The van der Waals surface area contributed by atoms with Gasteiger partial charge in [-0.15, -0.1) is 0 Å². The van der Waals surface area contributed by atoms with E-state index in [2.05, 4.69) is 15.9 Å². The van der Waals surface area contributed by atoms with Crippen molar-refractivity contribution in [2.45, 2.75) is 6.42 Å². The summed E-state index contributed by atoms with van der Waals surface area (Å²) in [5, 5.41) is 0.577. The highest BCUT2D eigenvalue weighted by molar-refractivity contribution is 9.10. The van der Waals surface area contributed by atoms with Crippen molar-refractivity contribution in [2.75, 3.05) is 13.7 Å². The molecule has 21 heavy (non-hydrogen) atoms. The van der Waals surface area contributed by atoms with Gasteiger partial charge >= 0.3 is 0 Å². The van der Waals surface area contributed by atoms with Crippen molar-refractivity contribution in [1.82, 2.24) is 0 Å². The molecule has 0 aliphatic rings. The fourth-order valence-corrected chi connectivity index (χ4v) is 2.46. The molecule has 0 unspecified atom stereocenters. The maximum atomic E-state index is 12.0. The molecule has 0 heterocycles. The van der Waals surface area contributed by atoms with Crippen molar-refractivity contribution in [3.8, 4) is 11.5 Å². The number of methoxy groups -OCH3 is 1. The van der Waals surface area contributed by atoms with Crippen LogP contribution in [0.1, 0.15) is 5.56 Å². The predicted molar refractivity (Wildman–Crippen MR) is 86.4 cm³/mol. The minimum Gasteiger partial charge on any atom is -0.496 e. The minimum absolute atomic E-state index is 0.00396. The second-order valence-corrected chi connectivity index (χ2v) is 5.77. The van der Waals surface area contributed by atoms with E-state index in [1.54, 1.807) is 31.4 Å². The molecule has 2 aromatic carbocycles. The number of carbonyl (C=O) groups is 1. The van der Waals surface area contributed by atoms with E-state index in [1.165, 1.54) is 0 Å². The molecule has 0 radical (unpaired) electrons. The highest BCUT2D eigenvalue weighted by Crippen LogP contribution is 2.24. The molecule has 0 amide bonds. The molecule has 0 aliphatic carbocycles. The summed E-state index contributed by atoms with van der Waals surface area (Å²) in [5.41, 5.74) is 0.826. The molecule has 0 atom stereocenters. The number of benzene rings is 2. The maximum absolute atomic E-state index is 12.0. The molecule has 3 nitrogen and oxygen atoms in total. The number of hydrogen-bond acceptors (Lipinski definition) is 3. The molecule has 0 saturated carbocycles. The lowest BCUT2D eigenvalue weighted by Crippen LogP contribution is -2.14. The number of ketones is 1. The van der Waals surface area contributed by atoms with E-state index in [4.69, 9.17) is 21.1 Å². The Morgan fingerprint density at radius 1 is 1.24 bits per heavy atom. The zero-order chi connectivity index (χ0) is 15.2. The van der Waals surface area contributed by atoms with Crippen LogP contribution in [0.2, 0.25) is 5.02 Å². The molecule has 0 aromatic heterocycles. The first-order chi connectivity index (χ1) is 10.1. The Morgan fingerprint density at radius 3 is 2.76 bits per heavy atom. The highest BCUT2D eigenvalue weighted by Gasteiger charge is 2.10. The standard InChI is InChI=1S/C16H14BrClO3/c1-20-16-6-5-12(17)7-11(16)8-14(19)10-21-15-4-2-3-13(18)9-15/h2-7,9H,8,10H2,1H3. The van der Waals surface area contributed by atoms with Crippen LogP contribution in [0.5, 0.6) is 11.5 Å². The summed E-state index contributed by atoms with van der Waals surface area (Å²) in [6.07, 6.45) is 0.253. The van der Waals surface area contributed by atoms with Gasteiger partial charge in [-0.05, 0) is 36.4 Å². The van der Waals surface area contributed by atoms with E-state index in [-0.39, 0.29) is 18.8 Å². The first kappa shape index (κ1) is 15.9. The van der Waals surface area contributed by atoms with E-state index >= 15 is 0 Å². The molecular formula is C16H14BrClO3. The Labute approximate surface area is 137 Å². The molecule has 0 spiro atoms. The van der Waals surface area contributed by atoms with Gasteiger partial charge in [0, 0.05) is 21.5 Å². The van der Waals surface area contributed by atoms with E-state index in [1.807, 2.05) is 18.2 Å². The number of Topliss-reactive ketones (excluding diaryl/α,β-unsaturated/α-hetero) is 1. The maximum Gasteiger partial charge on any atom is 0.174 e. The van der Waals surface area contributed by atoms with Gasteiger partial charge in [-0.2, -0.15) is 0 Å². The lowest BCUT2D eigenvalue weighted by Gasteiger charge is -2.09. The Hall–Kier alpha value is -1.52. The van der Waals surface area contributed by atoms with Gasteiger partial charge in [-0.25, -0.2) is 0 Å². The number of hydrogen-bond donors (Lipinski definition) is 0. The van der Waals surface area contributed by atoms with Crippen LogP contribution in [-0.2, 0) is 11.2 Å². The van der Waals surface area contributed by atoms with Crippen molar-refractivity contribution < 1.29 is 14.3 Å². The van der Waals surface area contributed by atoms with Crippen molar-refractivity contribution in [3.63, 3.8) is 0 Å². The quantitative estimate of drug-likeness (QED) is 0.761. The molecule has 110 valence electrons. The van der Waals surface area contributed by atoms with Crippen molar-refractivity contribution in [2.24, 2.45) is 0 Å². The van der Waals surface area contributed by atoms with Crippen LogP contribution in [0.15, 0.2) is 46.9 Å². The van der Waals surface area contributed by atoms with Gasteiger partial charge in [-0.1, -0.05) is 33.6 Å². The summed E-state index contributed by atoms with van der Waals surface area (Å²) < 4.78 is 11.6. The Balaban J connectivity index is 1.97. The molecule has 2 rings (SSSR count). The molecule has 2 aromatic rings. The van der Waals surface area contributed by atoms with Crippen LogP contribution in [0.4, 0.5) is 0 Å². The van der Waals surface area contributed by atoms with Gasteiger partial charge in [-0.3, -0.25) is 4.79 Å². The van der Waals surface area contributed by atoms with Crippen LogP contribution < -0.4 is 9.47 Å². The van der Waals surface area contributed by atoms with Crippen molar-refractivity contribution in [1.29, 1.82) is 0 Å². The molecular weight excluding hydrogens is 356 g/mol. The van der Waals surface area contributed by atoms with E-state index in [0.29, 0.717) is 16.5 Å². The number of ether oxygens (including phenoxy) is 2. The summed E-state index contributed by atoms with van der Waals surface area (Å²) in [6, 6.07) is 12.5. The van der Waals surface area contributed by atoms with Gasteiger partial charge in [0.2, 0.25) is 0 Å². The Morgan fingerprint density at radius 2 is 2.05 bits per heavy atom. The minimum atomic E-state index is -0.0358. The summed E-state index contributed by atoms with van der Waals surface area (Å²) in [7, 11) is 1.58. The van der Waals surface area contributed by atoms with Gasteiger partial charge in [0.15, 0.2) is 5.78 Å². The monoisotopic (exact) mass is 368 g/mol. The molecule has 0 fully saturated rings. The molecule has 0 saturated heterocycles. The average Bonchev–Trinajstić information content (AvgIpc) is 2.45. The third kappa shape index (κ3) is 4.76. The third-order valence-corrected chi connectivity index (χ3v) is 3.55. The summed E-state index contributed by atoms with van der Waals surface area (Å²) in [4.78, 5) is 12.0. The topological polar surface area (TPSA) is 35.5 Å². The first-order valence-corrected chi connectivity index (χ1v) is 7.48. The van der Waals surface area contributed by atoms with E-state index in [9.17, 15) is 4.79 Å². The summed E-state index contributed by atoms with van der Waals surface area (Å²) >= 11 is 9.25. The zero-order valence-corrected chi connectivity index (χ0v) is 13.8. The van der Waals surface area contributed by atoms with Gasteiger partial charge in [0.05, 0.1) is 7.11 Å². The number of halogens is 2. The lowest BCUT2D eigenvalue weighted by atomic mass is 10.1. The van der Waals surface area contributed by atoms with Crippen LogP contribution in [0, 0.1) is 0 Å². The second-order valence-electron chi connectivity index (χ2n) is 4.42. The van der Waals surface area contributed by atoms with Crippen LogP contribution in [0.25, 0.3) is 0 Å². The fourth-order valence-electron chi connectivity index (χ4n) is 1.87. The molecule has 0 bridgehead atoms. The van der Waals surface area contributed by atoms with Crippen molar-refractivity contribution in [3.05, 3.63) is 57.5 Å². The summed E-state index contributed by atoms with van der Waals surface area (Å²) in [5.74, 6) is 1.23. The molecule has 0 aliphatic heterocycles. The molecule has 5 heteroatoms. The fraction of sp³-hybridized carbons (Fsp3) is 0.188. The zero-order valence-electron chi connectivity index (χ0n) is 11.4. The third-order valence-electron chi connectivity index (χ3n) is 2.83. The van der Waals surface area contributed by atoms with Gasteiger partial charge in [0.1, 0.15) is 18.1 Å². The van der Waals surface area contributed by atoms with Crippen LogP contribution in [0.3, 0.4) is 0 Å². The average molecular weight is 370 g/mol. The molecule has 0 N–H and O–H groups in total. The lowest BCUT2D eigenvalue weighted by molar-refractivity contribution is -0.120. The second kappa shape index (κ2) is 7.48. The smallest absolute Gasteiger partial charge is 0.174 e. The number of rotatable bonds is 6. The largest absolute Gasteiger partial charge is 0.496 e. The van der Waals surface area contributed by atoms with Gasteiger partial charge in [0.25, 0.3) is 0 Å².